The summed E-state index contributed by atoms with van der Waals surface area (Å²) in [5.41, 5.74) is 7.67. The molecule has 0 unspecified atom stereocenters. The van der Waals surface area contributed by atoms with Crippen molar-refractivity contribution >= 4 is 16.9 Å². The van der Waals surface area contributed by atoms with E-state index in [-0.39, 0.29) is 0 Å². The van der Waals surface area contributed by atoms with Gasteiger partial charge >= 0.3 is 5.97 Å². The molecule has 2 N–H and O–H groups in total. The van der Waals surface area contributed by atoms with Gasteiger partial charge in [0.15, 0.2) is 0 Å². The summed E-state index contributed by atoms with van der Waals surface area (Å²) >= 11 is 0. The second-order valence-electron chi connectivity index (χ2n) is 3.82. The molecule has 0 spiro atoms. The Balaban J connectivity index is 2.33. The molecule has 4 nitrogen and oxygen atoms in total. The smallest absolute Gasteiger partial charge is 0.322 e. The van der Waals surface area contributed by atoms with E-state index < -0.39 is 12.0 Å². The monoisotopic (exact) mass is 230 g/mol. The maximum atomic E-state index is 11.3. The summed E-state index contributed by atoms with van der Waals surface area (Å²) < 4.78 is 4.62. The summed E-state index contributed by atoms with van der Waals surface area (Å²) in [5, 5.41) is 1.02. The number of carbonyl (C=O) groups is 1. The predicted molar refractivity (Wildman–Crippen MR) is 65.4 cm³/mol. The zero-order valence-electron chi connectivity index (χ0n) is 9.59. The van der Waals surface area contributed by atoms with Crippen molar-refractivity contribution in [2.45, 2.75) is 12.5 Å². The summed E-state index contributed by atoms with van der Waals surface area (Å²) in [4.78, 5) is 15.5. The fraction of sp³-hybridized carbons (Fsp3) is 0.231. The minimum absolute atomic E-state index is 0.397. The number of aromatic nitrogens is 1. The van der Waals surface area contributed by atoms with Crippen molar-refractivity contribution in [2.75, 3.05) is 7.11 Å². The van der Waals surface area contributed by atoms with E-state index in [2.05, 4.69) is 9.72 Å². The van der Waals surface area contributed by atoms with E-state index in [9.17, 15) is 4.79 Å². The summed E-state index contributed by atoms with van der Waals surface area (Å²) in [5.74, 6) is -0.397. The molecule has 88 valence electrons. The topological polar surface area (TPSA) is 65.2 Å². The number of fused-ring (bicyclic) bond motifs is 1. The van der Waals surface area contributed by atoms with Gasteiger partial charge in [-0.2, -0.15) is 0 Å². The summed E-state index contributed by atoms with van der Waals surface area (Å²) in [6.07, 6.45) is 2.18. The van der Waals surface area contributed by atoms with Crippen molar-refractivity contribution in [3.05, 3.63) is 42.1 Å². The number of benzene rings is 1. The van der Waals surface area contributed by atoms with Crippen LogP contribution in [-0.4, -0.2) is 24.1 Å². The summed E-state index contributed by atoms with van der Waals surface area (Å²) in [7, 11) is 1.34. The van der Waals surface area contributed by atoms with Crippen LogP contribution in [0.1, 0.15) is 5.56 Å². The van der Waals surface area contributed by atoms with Crippen LogP contribution in [0.3, 0.4) is 0 Å². The van der Waals surface area contributed by atoms with Gasteiger partial charge in [0.05, 0.1) is 12.6 Å². The number of pyridine rings is 1. The van der Waals surface area contributed by atoms with E-state index in [0.29, 0.717) is 6.42 Å². The van der Waals surface area contributed by atoms with Gasteiger partial charge in [0, 0.05) is 11.6 Å². The molecule has 2 rings (SSSR count). The van der Waals surface area contributed by atoms with Crippen LogP contribution in [0.2, 0.25) is 0 Å². The Morgan fingerprint density at radius 2 is 2.18 bits per heavy atom. The number of nitrogens with two attached hydrogens (primary N) is 1. The Hall–Kier alpha value is -1.94. The second-order valence-corrected chi connectivity index (χ2v) is 3.82. The lowest BCUT2D eigenvalue weighted by Gasteiger charge is -2.10. The molecular formula is C13H14N2O2. The van der Waals surface area contributed by atoms with Gasteiger partial charge in [-0.1, -0.05) is 18.2 Å². The van der Waals surface area contributed by atoms with E-state index in [1.807, 2.05) is 30.3 Å². The van der Waals surface area contributed by atoms with E-state index in [1.54, 1.807) is 6.20 Å². The first-order chi connectivity index (χ1) is 8.22. The Labute approximate surface area is 99.4 Å². The van der Waals surface area contributed by atoms with Gasteiger partial charge in [-0.25, -0.2) is 0 Å². The lowest BCUT2D eigenvalue weighted by molar-refractivity contribution is -0.142. The third kappa shape index (κ3) is 2.42. The molecule has 0 saturated carbocycles. The Morgan fingerprint density at radius 1 is 1.41 bits per heavy atom. The van der Waals surface area contributed by atoms with Crippen LogP contribution >= 0.6 is 0 Å². The van der Waals surface area contributed by atoms with Gasteiger partial charge in [0.1, 0.15) is 6.04 Å². The number of hydrogen-bond acceptors (Lipinski definition) is 4. The van der Waals surface area contributed by atoms with E-state index in [0.717, 1.165) is 16.5 Å². The molecule has 17 heavy (non-hydrogen) atoms. The Kier molecular flexibility index (Phi) is 3.35. The maximum absolute atomic E-state index is 11.3. The van der Waals surface area contributed by atoms with Crippen molar-refractivity contribution < 1.29 is 9.53 Å². The molecule has 0 bridgehead atoms. The summed E-state index contributed by atoms with van der Waals surface area (Å²) in [6.45, 7) is 0. The standard InChI is InChI=1S/C13H14N2O2/c1-17-13(16)11(14)8-9-6-7-15-12-5-3-2-4-10(9)12/h2-7,11H,8,14H2,1H3/t11-/m1/s1. The maximum Gasteiger partial charge on any atom is 0.322 e. The predicted octanol–water partition coefficient (Wildman–Crippen LogP) is 1.28. The highest BCUT2D eigenvalue weighted by Gasteiger charge is 2.15. The van der Waals surface area contributed by atoms with Crippen LogP contribution in [-0.2, 0) is 16.0 Å². The van der Waals surface area contributed by atoms with Crippen LogP contribution in [0.15, 0.2) is 36.5 Å². The second kappa shape index (κ2) is 4.93. The minimum Gasteiger partial charge on any atom is -0.468 e. The fourth-order valence-corrected chi connectivity index (χ4v) is 1.80. The first-order valence-electron chi connectivity index (χ1n) is 5.38. The Bertz CT molecular complexity index is 534. The normalized spacial score (nSPS) is 12.4. The van der Waals surface area contributed by atoms with Crippen molar-refractivity contribution in [2.24, 2.45) is 5.73 Å². The molecule has 0 aliphatic heterocycles. The van der Waals surface area contributed by atoms with Crippen molar-refractivity contribution in [3.8, 4) is 0 Å². The molecular weight excluding hydrogens is 216 g/mol. The lowest BCUT2D eigenvalue weighted by Crippen LogP contribution is -2.33. The highest BCUT2D eigenvalue weighted by Crippen LogP contribution is 2.17. The quantitative estimate of drug-likeness (QED) is 0.807. The van der Waals surface area contributed by atoms with Gasteiger partial charge in [0.2, 0.25) is 0 Å². The molecule has 4 heteroatoms. The highest BCUT2D eigenvalue weighted by molar-refractivity contribution is 5.83. The van der Waals surface area contributed by atoms with E-state index >= 15 is 0 Å². The molecule has 1 atom stereocenters. The minimum atomic E-state index is -0.634. The molecule has 0 radical (unpaired) electrons. The number of nitrogens with zero attached hydrogens (tertiary/aromatic N) is 1. The largest absolute Gasteiger partial charge is 0.468 e. The molecule has 0 amide bonds. The Morgan fingerprint density at radius 3 is 2.94 bits per heavy atom. The van der Waals surface area contributed by atoms with Crippen molar-refractivity contribution in [1.29, 1.82) is 0 Å². The van der Waals surface area contributed by atoms with Crippen molar-refractivity contribution in [1.82, 2.24) is 4.98 Å². The van der Waals surface area contributed by atoms with E-state index in [1.165, 1.54) is 7.11 Å². The molecule has 0 saturated heterocycles. The van der Waals surface area contributed by atoms with Crippen LogP contribution < -0.4 is 5.73 Å². The number of para-hydroxylation sites is 1. The van der Waals surface area contributed by atoms with Crippen LogP contribution in [0.4, 0.5) is 0 Å². The van der Waals surface area contributed by atoms with E-state index in [4.69, 9.17) is 5.73 Å². The fourth-order valence-electron chi connectivity index (χ4n) is 1.80. The first kappa shape index (κ1) is 11.5. The van der Waals surface area contributed by atoms with Crippen LogP contribution in [0.5, 0.6) is 0 Å². The average molecular weight is 230 g/mol. The molecule has 0 aliphatic carbocycles. The molecule has 1 aromatic carbocycles. The third-order valence-corrected chi connectivity index (χ3v) is 2.68. The first-order valence-corrected chi connectivity index (χ1v) is 5.38. The number of ether oxygens (including phenoxy) is 1. The number of methoxy groups -OCH3 is 1. The number of rotatable bonds is 3. The number of esters is 1. The average Bonchev–Trinajstić information content (AvgIpc) is 2.38. The van der Waals surface area contributed by atoms with Gasteiger partial charge in [0.25, 0.3) is 0 Å². The zero-order chi connectivity index (χ0) is 12.3. The van der Waals surface area contributed by atoms with Crippen LogP contribution in [0.25, 0.3) is 10.9 Å². The van der Waals surface area contributed by atoms with Crippen molar-refractivity contribution in [3.63, 3.8) is 0 Å². The van der Waals surface area contributed by atoms with Gasteiger partial charge in [-0.15, -0.1) is 0 Å². The van der Waals surface area contributed by atoms with Gasteiger partial charge in [-0.3, -0.25) is 9.78 Å². The molecule has 0 fully saturated rings. The van der Waals surface area contributed by atoms with Gasteiger partial charge < -0.3 is 10.5 Å². The van der Waals surface area contributed by atoms with Crippen LogP contribution in [0, 0.1) is 0 Å². The van der Waals surface area contributed by atoms with Gasteiger partial charge in [-0.05, 0) is 24.1 Å². The molecule has 1 heterocycles. The molecule has 0 aliphatic rings. The number of hydrogen-bond donors (Lipinski definition) is 1. The molecule has 1 aromatic heterocycles. The summed E-state index contributed by atoms with van der Waals surface area (Å²) in [6, 6.07) is 9.03. The zero-order valence-corrected chi connectivity index (χ0v) is 9.59. The molecule has 2 aromatic rings. The SMILES string of the molecule is COC(=O)[C@H](N)Cc1ccnc2ccccc12. The number of carbonyl (C=O) groups excluding carboxylic acids is 1. The lowest BCUT2D eigenvalue weighted by atomic mass is 10.0. The highest BCUT2D eigenvalue weighted by atomic mass is 16.5. The third-order valence-electron chi connectivity index (χ3n) is 2.68.